The Kier molecular flexibility index (Phi) is 3.12. The highest BCUT2D eigenvalue weighted by Gasteiger charge is 2.09. The molecule has 1 heterocycles. The van der Waals surface area contributed by atoms with Crippen LogP contribution in [0.1, 0.15) is 0 Å². The second kappa shape index (κ2) is 5.07. The molecule has 0 aliphatic heterocycles. The minimum absolute atomic E-state index is 0.419. The van der Waals surface area contributed by atoms with E-state index in [1.165, 1.54) is 0 Å². The molecule has 1 aromatic heterocycles. The van der Waals surface area contributed by atoms with Crippen LogP contribution in [0.3, 0.4) is 0 Å². The lowest BCUT2D eigenvalue weighted by molar-refractivity contribution is 0.432. The number of nitrogens with zero attached hydrogens (tertiary/aromatic N) is 2. The summed E-state index contributed by atoms with van der Waals surface area (Å²) in [5.41, 5.74) is 0.909. The Balaban J connectivity index is 2.03. The predicted molar refractivity (Wildman–Crippen MR) is 75.3 cm³/mol. The van der Waals surface area contributed by atoms with Crippen molar-refractivity contribution >= 4 is 12.2 Å². The third-order valence-corrected chi connectivity index (χ3v) is 2.88. The second-order valence-corrected chi connectivity index (χ2v) is 4.28. The number of aromatic nitrogens is 3. The zero-order valence-corrected chi connectivity index (χ0v) is 10.8. The van der Waals surface area contributed by atoms with Crippen LogP contribution in [0.25, 0.3) is 5.69 Å². The van der Waals surface area contributed by atoms with Crippen molar-refractivity contribution < 1.29 is 4.74 Å². The van der Waals surface area contributed by atoms with Crippen LogP contribution >= 0.6 is 12.2 Å². The molecule has 0 saturated carbocycles. The van der Waals surface area contributed by atoms with Gasteiger partial charge < -0.3 is 4.74 Å². The molecule has 1 N–H and O–H groups in total. The van der Waals surface area contributed by atoms with E-state index in [9.17, 15) is 0 Å². The molecular weight excluding hydrogens is 258 g/mol. The first kappa shape index (κ1) is 11.7. The Morgan fingerprint density at radius 1 is 0.947 bits per heavy atom. The highest BCUT2D eigenvalue weighted by atomic mass is 32.1. The summed E-state index contributed by atoms with van der Waals surface area (Å²) < 4.78 is 7.99. The molecule has 3 aromatic rings. The molecule has 0 saturated heterocycles. The normalized spacial score (nSPS) is 10.3. The molecule has 0 fully saturated rings. The fourth-order valence-electron chi connectivity index (χ4n) is 1.75. The van der Waals surface area contributed by atoms with Crippen LogP contribution in [0.15, 0.2) is 60.7 Å². The molecule has 0 bridgehead atoms. The number of benzene rings is 2. The number of nitrogens with one attached hydrogen (secondary N) is 1. The molecule has 0 aliphatic rings. The van der Waals surface area contributed by atoms with Gasteiger partial charge in [-0.05, 0) is 36.5 Å². The van der Waals surface area contributed by atoms with Crippen molar-refractivity contribution in [2.45, 2.75) is 0 Å². The van der Waals surface area contributed by atoms with Crippen molar-refractivity contribution in [3.8, 4) is 17.4 Å². The number of rotatable bonds is 3. The maximum absolute atomic E-state index is 5.74. The number of hydrogen-bond donors (Lipinski definition) is 1. The third-order valence-electron chi connectivity index (χ3n) is 2.61. The van der Waals surface area contributed by atoms with Crippen molar-refractivity contribution in [2.75, 3.05) is 0 Å². The molecule has 0 unspecified atom stereocenters. The number of ether oxygens (including phenoxy) is 1. The second-order valence-electron chi connectivity index (χ2n) is 3.90. The Bertz CT molecular complexity index is 719. The van der Waals surface area contributed by atoms with Crippen LogP contribution in [0, 0.1) is 4.77 Å². The molecule has 0 radical (unpaired) electrons. The summed E-state index contributed by atoms with van der Waals surface area (Å²) >= 11 is 5.24. The summed E-state index contributed by atoms with van der Waals surface area (Å²) in [6, 6.07) is 19.6. The maximum atomic E-state index is 5.74. The Morgan fingerprint density at radius 3 is 2.26 bits per heavy atom. The van der Waals surface area contributed by atoms with E-state index in [1.54, 1.807) is 4.57 Å². The van der Waals surface area contributed by atoms with Gasteiger partial charge in [-0.25, -0.2) is 9.67 Å². The van der Waals surface area contributed by atoms with Crippen LogP contribution in [0.4, 0.5) is 0 Å². The first-order valence-electron chi connectivity index (χ1n) is 5.80. The van der Waals surface area contributed by atoms with Crippen molar-refractivity contribution in [3.05, 3.63) is 65.4 Å². The Morgan fingerprint density at radius 2 is 1.58 bits per heavy atom. The summed E-state index contributed by atoms with van der Waals surface area (Å²) in [6.45, 7) is 0. The molecule has 0 aliphatic carbocycles. The largest absolute Gasteiger partial charge is 0.424 e. The minimum atomic E-state index is 0.419. The van der Waals surface area contributed by atoms with Gasteiger partial charge in [-0.15, -0.1) is 5.10 Å². The van der Waals surface area contributed by atoms with Gasteiger partial charge in [0, 0.05) is 0 Å². The Labute approximate surface area is 115 Å². The van der Waals surface area contributed by atoms with Gasteiger partial charge in [0.1, 0.15) is 5.75 Å². The van der Waals surface area contributed by atoms with Gasteiger partial charge in [-0.3, -0.25) is 0 Å². The summed E-state index contributed by atoms with van der Waals surface area (Å²) in [5, 5.41) is 6.86. The van der Waals surface area contributed by atoms with Crippen LogP contribution in [0.2, 0.25) is 0 Å². The molecule has 0 spiro atoms. The average molecular weight is 269 g/mol. The number of H-pyrrole nitrogens is 1. The molecule has 19 heavy (non-hydrogen) atoms. The number of aromatic amines is 1. The van der Waals surface area contributed by atoms with Crippen LogP contribution in [-0.2, 0) is 0 Å². The van der Waals surface area contributed by atoms with Crippen molar-refractivity contribution in [2.24, 2.45) is 0 Å². The lowest BCUT2D eigenvalue weighted by atomic mass is 10.3. The van der Waals surface area contributed by atoms with E-state index in [4.69, 9.17) is 17.0 Å². The SMILES string of the molecule is S=c1[nH]nc(Oc2ccccc2)n1-c1ccccc1. The standard InChI is InChI=1S/C14H11N3OS/c19-14-16-15-13(18-12-9-5-2-6-10-12)17(14)11-7-3-1-4-8-11/h1-10H,(H,16,19). The maximum Gasteiger partial charge on any atom is 0.326 e. The smallest absolute Gasteiger partial charge is 0.326 e. The van der Waals surface area contributed by atoms with Gasteiger partial charge in [-0.2, -0.15) is 0 Å². The van der Waals surface area contributed by atoms with Gasteiger partial charge in [0.25, 0.3) is 0 Å². The topological polar surface area (TPSA) is 42.8 Å². The summed E-state index contributed by atoms with van der Waals surface area (Å²) in [7, 11) is 0. The van der Waals surface area contributed by atoms with Gasteiger partial charge >= 0.3 is 6.01 Å². The number of para-hydroxylation sites is 2. The molecular formula is C14H11N3OS. The first-order valence-corrected chi connectivity index (χ1v) is 6.21. The molecule has 5 heteroatoms. The molecule has 3 rings (SSSR count). The highest BCUT2D eigenvalue weighted by molar-refractivity contribution is 7.71. The van der Waals surface area contributed by atoms with Gasteiger partial charge in [0.2, 0.25) is 4.77 Å². The van der Waals surface area contributed by atoms with E-state index in [0.717, 1.165) is 5.69 Å². The summed E-state index contributed by atoms with van der Waals surface area (Å²) in [4.78, 5) is 0. The van der Waals surface area contributed by atoms with Crippen LogP contribution in [-0.4, -0.2) is 14.8 Å². The Hall–Kier alpha value is -2.40. The van der Waals surface area contributed by atoms with Crippen molar-refractivity contribution in [3.63, 3.8) is 0 Å². The van der Waals surface area contributed by atoms with Crippen LogP contribution in [0.5, 0.6) is 11.8 Å². The fourth-order valence-corrected chi connectivity index (χ4v) is 1.98. The number of hydrogen-bond acceptors (Lipinski definition) is 3. The highest BCUT2D eigenvalue weighted by Crippen LogP contribution is 2.22. The molecule has 0 atom stereocenters. The zero-order valence-electron chi connectivity index (χ0n) is 9.98. The zero-order chi connectivity index (χ0) is 13.1. The predicted octanol–water partition coefficient (Wildman–Crippen LogP) is 3.72. The quantitative estimate of drug-likeness (QED) is 0.737. The molecule has 94 valence electrons. The van der Waals surface area contributed by atoms with E-state index in [1.807, 2.05) is 60.7 Å². The van der Waals surface area contributed by atoms with E-state index < -0.39 is 0 Å². The lowest BCUT2D eigenvalue weighted by Crippen LogP contribution is -1.98. The summed E-state index contributed by atoms with van der Waals surface area (Å²) in [6.07, 6.45) is 0. The van der Waals surface area contributed by atoms with E-state index in [0.29, 0.717) is 16.5 Å². The summed E-state index contributed by atoms with van der Waals surface area (Å²) in [5.74, 6) is 0.716. The average Bonchev–Trinajstić information content (AvgIpc) is 2.82. The van der Waals surface area contributed by atoms with Gasteiger partial charge in [-0.1, -0.05) is 36.4 Å². The van der Waals surface area contributed by atoms with E-state index >= 15 is 0 Å². The van der Waals surface area contributed by atoms with Gasteiger partial charge in [0.15, 0.2) is 0 Å². The van der Waals surface area contributed by atoms with E-state index in [-0.39, 0.29) is 0 Å². The molecule has 0 amide bonds. The van der Waals surface area contributed by atoms with Gasteiger partial charge in [0.05, 0.1) is 5.69 Å². The minimum Gasteiger partial charge on any atom is -0.424 e. The third kappa shape index (κ3) is 2.41. The van der Waals surface area contributed by atoms with Crippen molar-refractivity contribution in [1.82, 2.24) is 14.8 Å². The lowest BCUT2D eigenvalue weighted by Gasteiger charge is -2.07. The molecule has 2 aromatic carbocycles. The fraction of sp³-hybridized carbons (Fsp3) is 0. The van der Waals surface area contributed by atoms with Crippen molar-refractivity contribution in [1.29, 1.82) is 0 Å². The molecule has 4 nitrogen and oxygen atoms in total. The van der Waals surface area contributed by atoms with Crippen LogP contribution < -0.4 is 4.74 Å². The first-order chi connectivity index (χ1) is 9.34. The monoisotopic (exact) mass is 269 g/mol. The van der Waals surface area contributed by atoms with E-state index in [2.05, 4.69) is 10.2 Å².